The van der Waals surface area contributed by atoms with E-state index in [9.17, 15) is 21.2 Å². The first kappa shape index (κ1) is 24.7. The minimum atomic E-state index is -4.12. The maximum absolute atomic E-state index is 14.7. The molecule has 0 saturated heterocycles. The fourth-order valence-electron chi connectivity index (χ4n) is 3.70. The highest BCUT2D eigenvalue weighted by atomic mass is 32.2. The molecule has 0 spiro atoms. The standard InChI is InChI=1S/C24H24FN3O5S2/c1-3-34(29,30)27-18-10-8-17(9-11-18)23-16-24(21-6-4-5-7-22(21)25)28(26-23)35(31,32)20-14-12-19(33-2)13-15-20/h4-15,24,27H,3,16H2,1-2H3. The average Bonchev–Trinajstić information content (AvgIpc) is 3.31. The average molecular weight is 518 g/mol. The van der Waals surface area contributed by atoms with Crippen molar-refractivity contribution in [2.75, 3.05) is 17.6 Å². The molecule has 0 fully saturated rings. The number of methoxy groups -OCH3 is 1. The molecule has 0 bridgehead atoms. The van der Waals surface area contributed by atoms with Crippen LogP contribution in [0.5, 0.6) is 5.75 Å². The number of hydrogen-bond acceptors (Lipinski definition) is 6. The molecule has 0 aliphatic carbocycles. The lowest BCUT2D eigenvalue weighted by atomic mass is 9.99. The van der Waals surface area contributed by atoms with Crippen LogP contribution >= 0.6 is 0 Å². The molecule has 0 radical (unpaired) electrons. The van der Waals surface area contributed by atoms with Gasteiger partial charge in [0.05, 0.1) is 29.5 Å². The largest absolute Gasteiger partial charge is 0.497 e. The highest BCUT2D eigenvalue weighted by Crippen LogP contribution is 2.38. The van der Waals surface area contributed by atoms with Gasteiger partial charge >= 0.3 is 0 Å². The first-order valence-electron chi connectivity index (χ1n) is 10.8. The van der Waals surface area contributed by atoms with Crippen LogP contribution in [0.15, 0.2) is 82.8 Å². The van der Waals surface area contributed by atoms with Gasteiger partial charge in [-0.05, 0) is 55.0 Å². The molecule has 1 N–H and O–H groups in total. The van der Waals surface area contributed by atoms with Crippen molar-refractivity contribution in [2.24, 2.45) is 5.10 Å². The van der Waals surface area contributed by atoms with Crippen molar-refractivity contribution < 1.29 is 26.0 Å². The Morgan fingerprint density at radius 2 is 1.66 bits per heavy atom. The van der Waals surface area contributed by atoms with Crippen LogP contribution in [-0.2, 0) is 20.0 Å². The van der Waals surface area contributed by atoms with E-state index in [4.69, 9.17) is 4.74 Å². The molecule has 0 aromatic heterocycles. The second kappa shape index (κ2) is 9.67. The van der Waals surface area contributed by atoms with E-state index >= 15 is 0 Å². The SMILES string of the molecule is CCS(=O)(=O)Nc1ccc(C2=NN(S(=O)(=O)c3ccc(OC)cc3)C(c3ccccc3F)C2)cc1. The van der Waals surface area contributed by atoms with Gasteiger partial charge in [-0.2, -0.15) is 17.9 Å². The van der Waals surface area contributed by atoms with Gasteiger partial charge in [0.2, 0.25) is 10.0 Å². The predicted octanol–water partition coefficient (Wildman–Crippen LogP) is 4.14. The topological polar surface area (TPSA) is 105 Å². The molecule has 1 aliphatic rings. The second-order valence-corrected chi connectivity index (χ2v) is 11.6. The summed E-state index contributed by atoms with van der Waals surface area (Å²) in [5.74, 6) is -0.101. The molecule has 35 heavy (non-hydrogen) atoms. The number of hydrogen-bond donors (Lipinski definition) is 1. The molecular formula is C24H24FN3O5S2. The monoisotopic (exact) mass is 517 g/mol. The number of rotatable bonds is 8. The van der Waals surface area contributed by atoms with Crippen molar-refractivity contribution in [2.45, 2.75) is 24.3 Å². The number of ether oxygens (including phenoxy) is 1. The summed E-state index contributed by atoms with van der Waals surface area (Å²) in [5.41, 5.74) is 1.61. The smallest absolute Gasteiger partial charge is 0.279 e. The van der Waals surface area contributed by atoms with Gasteiger partial charge in [0.15, 0.2) is 0 Å². The van der Waals surface area contributed by atoms with E-state index in [-0.39, 0.29) is 22.6 Å². The van der Waals surface area contributed by atoms with Crippen molar-refractivity contribution in [3.05, 3.63) is 89.7 Å². The van der Waals surface area contributed by atoms with Crippen molar-refractivity contribution in [3.8, 4) is 5.75 Å². The van der Waals surface area contributed by atoms with Gasteiger partial charge in [0, 0.05) is 17.7 Å². The molecule has 3 aromatic carbocycles. The zero-order valence-electron chi connectivity index (χ0n) is 19.0. The number of halogens is 1. The first-order valence-corrected chi connectivity index (χ1v) is 13.8. The summed E-state index contributed by atoms with van der Waals surface area (Å²) in [4.78, 5) is -0.00559. The normalized spacial score (nSPS) is 16.1. The third-order valence-corrected chi connectivity index (χ3v) is 8.62. The van der Waals surface area contributed by atoms with E-state index in [0.29, 0.717) is 22.7 Å². The van der Waals surface area contributed by atoms with Crippen LogP contribution in [-0.4, -0.2) is 39.8 Å². The Morgan fingerprint density at radius 3 is 2.26 bits per heavy atom. The molecule has 1 unspecified atom stereocenters. The molecule has 1 atom stereocenters. The fraction of sp³-hybridized carbons (Fsp3) is 0.208. The summed E-state index contributed by atoms with van der Waals surface area (Å²) in [6, 6.07) is 17.4. The molecule has 1 aliphatic heterocycles. The van der Waals surface area contributed by atoms with Crippen LogP contribution in [0, 0.1) is 5.82 Å². The van der Waals surface area contributed by atoms with Gasteiger partial charge in [0.25, 0.3) is 10.0 Å². The van der Waals surface area contributed by atoms with E-state index < -0.39 is 31.9 Å². The van der Waals surface area contributed by atoms with Crippen LogP contribution in [0.3, 0.4) is 0 Å². The van der Waals surface area contributed by atoms with Crippen LogP contribution in [0.4, 0.5) is 10.1 Å². The Hall–Kier alpha value is -3.44. The van der Waals surface area contributed by atoms with Crippen molar-refractivity contribution in [3.63, 3.8) is 0 Å². The second-order valence-electron chi connectivity index (χ2n) is 7.82. The van der Waals surface area contributed by atoms with Crippen LogP contribution in [0.25, 0.3) is 0 Å². The van der Waals surface area contributed by atoms with Gasteiger partial charge in [-0.15, -0.1) is 0 Å². The minimum absolute atomic E-state index is 0.00559. The summed E-state index contributed by atoms with van der Waals surface area (Å²) in [6.45, 7) is 1.53. The molecule has 4 rings (SSSR count). The molecule has 11 heteroatoms. The number of benzene rings is 3. The summed E-state index contributed by atoms with van der Waals surface area (Å²) in [5, 5.41) is 4.39. The summed E-state index contributed by atoms with van der Waals surface area (Å²) >= 11 is 0. The highest BCUT2D eigenvalue weighted by molar-refractivity contribution is 7.92. The number of nitrogens with one attached hydrogen (secondary N) is 1. The minimum Gasteiger partial charge on any atom is -0.497 e. The lowest BCUT2D eigenvalue weighted by Crippen LogP contribution is -2.27. The molecular weight excluding hydrogens is 493 g/mol. The quantitative estimate of drug-likeness (QED) is 0.484. The Balaban J connectivity index is 1.73. The number of nitrogens with zero attached hydrogens (tertiary/aromatic N) is 2. The number of hydrazone groups is 1. The van der Waals surface area contributed by atoms with E-state index in [2.05, 4.69) is 9.82 Å². The maximum atomic E-state index is 14.7. The van der Waals surface area contributed by atoms with Gasteiger partial charge in [-0.1, -0.05) is 30.3 Å². The highest BCUT2D eigenvalue weighted by Gasteiger charge is 2.38. The van der Waals surface area contributed by atoms with E-state index in [0.717, 1.165) is 4.41 Å². The van der Waals surface area contributed by atoms with Crippen LogP contribution < -0.4 is 9.46 Å². The lowest BCUT2D eigenvalue weighted by Gasteiger charge is -2.23. The first-order chi connectivity index (χ1) is 16.6. The van der Waals surface area contributed by atoms with Gasteiger partial charge < -0.3 is 4.74 Å². The van der Waals surface area contributed by atoms with E-state index in [1.807, 2.05) is 0 Å². The maximum Gasteiger partial charge on any atom is 0.279 e. The van der Waals surface area contributed by atoms with E-state index in [1.54, 1.807) is 30.3 Å². The van der Waals surface area contributed by atoms with Gasteiger partial charge in [0.1, 0.15) is 11.6 Å². The van der Waals surface area contributed by atoms with Crippen molar-refractivity contribution in [1.29, 1.82) is 0 Å². The molecule has 1 heterocycles. The zero-order chi connectivity index (χ0) is 25.2. The summed E-state index contributed by atoms with van der Waals surface area (Å²) in [6.07, 6.45) is 0.135. The van der Waals surface area contributed by atoms with Gasteiger partial charge in [-0.3, -0.25) is 4.72 Å². The Morgan fingerprint density at radius 1 is 1.00 bits per heavy atom. The number of sulfonamides is 2. The van der Waals surface area contributed by atoms with Crippen LogP contribution in [0.2, 0.25) is 0 Å². The molecule has 3 aromatic rings. The third-order valence-electron chi connectivity index (χ3n) is 5.61. The zero-order valence-corrected chi connectivity index (χ0v) is 20.7. The van der Waals surface area contributed by atoms with E-state index in [1.165, 1.54) is 56.5 Å². The molecule has 8 nitrogen and oxygen atoms in total. The summed E-state index contributed by atoms with van der Waals surface area (Å²) in [7, 11) is -6.08. The Bertz CT molecular complexity index is 1460. The third kappa shape index (κ3) is 5.15. The molecule has 0 amide bonds. The number of anilines is 1. The van der Waals surface area contributed by atoms with Crippen molar-refractivity contribution in [1.82, 2.24) is 4.41 Å². The molecule has 0 saturated carbocycles. The van der Waals surface area contributed by atoms with Crippen LogP contribution in [0.1, 0.15) is 30.5 Å². The Kier molecular flexibility index (Phi) is 6.82. The predicted molar refractivity (Wildman–Crippen MR) is 132 cm³/mol. The summed E-state index contributed by atoms with van der Waals surface area (Å²) < 4.78 is 73.9. The molecule has 184 valence electrons. The van der Waals surface area contributed by atoms with Gasteiger partial charge in [-0.25, -0.2) is 12.8 Å². The fourth-order valence-corrected chi connectivity index (χ4v) is 5.76. The van der Waals surface area contributed by atoms with Crippen molar-refractivity contribution >= 4 is 31.4 Å². The lowest BCUT2D eigenvalue weighted by molar-refractivity contribution is 0.362. The Labute approximate surface area is 204 Å².